The number of hydrogen-bond donors (Lipinski definition) is 1. The zero-order chi connectivity index (χ0) is 15.2. The molecule has 2 heterocycles. The molecule has 1 saturated heterocycles. The average Bonchev–Trinajstić information content (AvgIpc) is 2.87. The van der Waals surface area contributed by atoms with Crippen molar-refractivity contribution >= 4 is 0 Å². The first-order valence-corrected chi connectivity index (χ1v) is 8.00. The van der Waals surface area contributed by atoms with Gasteiger partial charge in [0.05, 0.1) is 24.9 Å². The molecule has 2 atom stereocenters. The highest BCUT2D eigenvalue weighted by Gasteiger charge is 2.22. The molecule has 1 N–H and O–H groups in total. The van der Waals surface area contributed by atoms with E-state index in [4.69, 9.17) is 4.74 Å². The maximum absolute atomic E-state index is 5.66. The number of morpholine rings is 1. The summed E-state index contributed by atoms with van der Waals surface area (Å²) in [6.45, 7) is 14.3. The fraction of sp³-hybridized carbons (Fsp3) is 0.867. The van der Waals surface area contributed by atoms with Gasteiger partial charge in [-0.25, -0.2) is 0 Å². The van der Waals surface area contributed by atoms with E-state index >= 15 is 0 Å². The van der Waals surface area contributed by atoms with Crippen LogP contribution >= 0.6 is 0 Å². The van der Waals surface area contributed by atoms with Crippen LogP contribution < -0.4 is 5.32 Å². The van der Waals surface area contributed by atoms with Gasteiger partial charge in [0.25, 0.3) is 0 Å². The summed E-state index contributed by atoms with van der Waals surface area (Å²) in [6, 6.07) is 0.483. The van der Waals surface area contributed by atoms with Crippen molar-refractivity contribution in [2.24, 2.45) is 5.92 Å². The Labute approximate surface area is 127 Å². The van der Waals surface area contributed by atoms with Gasteiger partial charge in [-0.1, -0.05) is 19.1 Å². The Bertz CT molecular complexity index is 420. The van der Waals surface area contributed by atoms with Crippen molar-refractivity contribution in [3.8, 4) is 0 Å². The Morgan fingerprint density at radius 1 is 1.38 bits per heavy atom. The molecule has 6 nitrogen and oxygen atoms in total. The second-order valence-electron chi connectivity index (χ2n) is 6.49. The van der Waals surface area contributed by atoms with E-state index < -0.39 is 0 Å². The van der Waals surface area contributed by atoms with Crippen molar-refractivity contribution < 1.29 is 4.74 Å². The van der Waals surface area contributed by atoms with Gasteiger partial charge in [0, 0.05) is 31.9 Å². The lowest BCUT2D eigenvalue weighted by Crippen LogP contribution is -2.48. The summed E-state index contributed by atoms with van der Waals surface area (Å²) in [5.41, 5.74) is 1.01. The smallest absolute Gasteiger partial charge is 0.0964 e. The molecule has 6 heteroatoms. The number of aromatic nitrogens is 3. The van der Waals surface area contributed by atoms with Crippen LogP contribution in [0.25, 0.3) is 0 Å². The van der Waals surface area contributed by atoms with Crippen molar-refractivity contribution in [1.82, 2.24) is 25.2 Å². The fourth-order valence-corrected chi connectivity index (χ4v) is 2.53. The molecule has 0 saturated carbocycles. The quantitative estimate of drug-likeness (QED) is 0.817. The van der Waals surface area contributed by atoms with Crippen LogP contribution in [0.2, 0.25) is 0 Å². The standard InChI is InChI=1S/C15H29N5O/c1-12(2)7-16-8-15-10-20(18-17-15)6-5-19-9-14(4)21-11-13(19)3/h10,12-14,16H,5-9,11H2,1-4H3. The maximum Gasteiger partial charge on any atom is 0.0964 e. The van der Waals surface area contributed by atoms with Crippen molar-refractivity contribution in [2.45, 2.75) is 52.9 Å². The fourth-order valence-electron chi connectivity index (χ4n) is 2.53. The third-order valence-corrected chi connectivity index (χ3v) is 3.80. The molecule has 0 radical (unpaired) electrons. The van der Waals surface area contributed by atoms with Crippen LogP contribution in [0.1, 0.15) is 33.4 Å². The summed E-state index contributed by atoms with van der Waals surface area (Å²) < 4.78 is 7.60. The van der Waals surface area contributed by atoms with Crippen LogP contribution in [0, 0.1) is 5.92 Å². The van der Waals surface area contributed by atoms with E-state index in [0.717, 1.165) is 45.0 Å². The Balaban J connectivity index is 1.74. The molecule has 0 aliphatic carbocycles. The van der Waals surface area contributed by atoms with Gasteiger partial charge in [0.2, 0.25) is 0 Å². The molecular formula is C15H29N5O. The third kappa shape index (κ3) is 5.37. The first-order valence-electron chi connectivity index (χ1n) is 8.00. The zero-order valence-corrected chi connectivity index (χ0v) is 13.7. The first kappa shape index (κ1) is 16.4. The maximum atomic E-state index is 5.66. The SMILES string of the molecule is CC(C)CNCc1cn(CCN2CC(C)OCC2C)nn1. The Hall–Kier alpha value is -0.980. The minimum atomic E-state index is 0.327. The summed E-state index contributed by atoms with van der Waals surface area (Å²) in [7, 11) is 0. The molecule has 1 aromatic rings. The second kappa shape index (κ2) is 7.87. The number of nitrogens with one attached hydrogen (secondary N) is 1. The highest BCUT2D eigenvalue weighted by Crippen LogP contribution is 2.11. The van der Waals surface area contributed by atoms with Crippen molar-refractivity contribution in [2.75, 3.05) is 26.2 Å². The van der Waals surface area contributed by atoms with Gasteiger partial charge in [-0.15, -0.1) is 5.10 Å². The molecule has 0 bridgehead atoms. The molecule has 0 amide bonds. The van der Waals surface area contributed by atoms with Crippen molar-refractivity contribution in [3.63, 3.8) is 0 Å². The Kier molecular flexibility index (Phi) is 6.14. The Morgan fingerprint density at radius 3 is 2.95 bits per heavy atom. The normalized spacial score (nSPS) is 23.9. The van der Waals surface area contributed by atoms with Gasteiger partial charge in [-0.3, -0.25) is 9.58 Å². The first-order chi connectivity index (χ1) is 10.0. The largest absolute Gasteiger partial charge is 0.376 e. The summed E-state index contributed by atoms with van der Waals surface area (Å²) >= 11 is 0. The van der Waals surface area contributed by atoms with Crippen molar-refractivity contribution in [3.05, 3.63) is 11.9 Å². The number of hydrogen-bond acceptors (Lipinski definition) is 5. The van der Waals surface area contributed by atoms with Gasteiger partial charge in [-0.2, -0.15) is 0 Å². The van der Waals surface area contributed by atoms with Gasteiger partial charge in [-0.05, 0) is 26.3 Å². The average molecular weight is 295 g/mol. The van der Waals surface area contributed by atoms with Crippen LogP contribution in [-0.2, 0) is 17.8 Å². The Morgan fingerprint density at radius 2 is 2.19 bits per heavy atom. The van der Waals surface area contributed by atoms with E-state index in [1.165, 1.54) is 0 Å². The predicted octanol–water partition coefficient (Wildman–Crippen LogP) is 1.13. The van der Waals surface area contributed by atoms with Crippen molar-refractivity contribution in [1.29, 1.82) is 0 Å². The summed E-state index contributed by atoms with van der Waals surface area (Å²) in [4.78, 5) is 2.46. The highest BCUT2D eigenvalue weighted by atomic mass is 16.5. The van der Waals surface area contributed by atoms with E-state index in [1.807, 2.05) is 10.9 Å². The van der Waals surface area contributed by atoms with Crippen LogP contribution in [0.3, 0.4) is 0 Å². The highest BCUT2D eigenvalue weighted by molar-refractivity contribution is 4.91. The number of nitrogens with zero attached hydrogens (tertiary/aromatic N) is 4. The molecule has 1 aromatic heterocycles. The number of ether oxygens (including phenoxy) is 1. The lowest BCUT2D eigenvalue weighted by molar-refractivity contribution is -0.0504. The molecule has 21 heavy (non-hydrogen) atoms. The molecule has 1 fully saturated rings. The number of rotatable bonds is 7. The lowest BCUT2D eigenvalue weighted by Gasteiger charge is -2.36. The van der Waals surface area contributed by atoms with Gasteiger partial charge < -0.3 is 10.1 Å². The molecule has 1 aliphatic heterocycles. The molecule has 1 aliphatic rings. The summed E-state index contributed by atoms with van der Waals surface area (Å²) in [5, 5.41) is 11.8. The van der Waals surface area contributed by atoms with E-state index in [1.54, 1.807) is 0 Å². The zero-order valence-electron chi connectivity index (χ0n) is 13.7. The van der Waals surface area contributed by atoms with Gasteiger partial charge >= 0.3 is 0 Å². The van der Waals surface area contributed by atoms with E-state index in [9.17, 15) is 0 Å². The molecule has 2 unspecified atom stereocenters. The third-order valence-electron chi connectivity index (χ3n) is 3.80. The predicted molar refractivity (Wildman–Crippen MR) is 83.0 cm³/mol. The molecule has 0 spiro atoms. The van der Waals surface area contributed by atoms with Gasteiger partial charge in [0.1, 0.15) is 0 Å². The van der Waals surface area contributed by atoms with Crippen LogP contribution in [0.5, 0.6) is 0 Å². The van der Waals surface area contributed by atoms with E-state index in [-0.39, 0.29) is 0 Å². The summed E-state index contributed by atoms with van der Waals surface area (Å²) in [5.74, 6) is 0.657. The van der Waals surface area contributed by atoms with Gasteiger partial charge in [0.15, 0.2) is 0 Å². The monoisotopic (exact) mass is 295 g/mol. The topological polar surface area (TPSA) is 55.2 Å². The summed E-state index contributed by atoms with van der Waals surface area (Å²) in [6.07, 6.45) is 2.37. The minimum absolute atomic E-state index is 0.327. The second-order valence-corrected chi connectivity index (χ2v) is 6.49. The van der Waals surface area contributed by atoms with E-state index in [2.05, 4.69) is 48.2 Å². The minimum Gasteiger partial charge on any atom is -0.376 e. The van der Waals surface area contributed by atoms with Crippen LogP contribution in [-0.4, -0.2) is 58.3 Å². The van der Waals surface area contributed by atoms with Crippen LogP contribution in [0.15, 0.2) is 6.20 Å². The molecular weight excluding hydrogens is 266 g/mol. The molecule has 0 aromatic carbocycles. The molecule has 2 rings (SSSR count). The van der Waals surface area contributed by atoms with Crippen LogP contribution in [0.4, 0.5) is 0 Å². The van der Waals surface area contributed by atoms with E-state index in [0.29, 0.717) is 18.1 Å². The lowest BCUT2D eigenvalue weighted by atomic mass is 10.2. The molecule has 120 valence electrons.